The number of carboxylic acids is 1. The van der Waals surface area contributed by atoms with E-state index in [4.69, 9.17) is 5.11 Å². The van der Waals surface area contributed by atoms with Crippen molar-refractivity contribution in [1.82, 2.24) is 4.98 Å². The van der Waals surface area contributed by atoms with Gasteiger partial charge in [0.15, 0.2) is 0 Å². The van der Waals surface area contributed by atoms with E-state index in [1.165, 1.54) is 0 Å². The molecule has 0 fully saturated rings. The molecule has 2 aromatic rings. The molecule has 0 saturated carbocycles. The number of hydrogen-bond donors (Lipinski definition) is 3. The van der Waals surface area contributed by atoms with Crippen molar-refractivity contribution in [1.29, 1.82) is 0 Å². The zero-order valence-electron chi connectivity index (χ0n) is 11.9. The molecule has 0 bridgehead atoms. The lowest BCUT2D eigenvalue weighted by Gasteiger charge is -2.09. The Balaban J connectivity index is 2.05. The van der Waals surface area contributed by atoms with E-state index in [2.05, 4.69) is 10.3 Å². The largest absolute Gasteiger partial charge is 0.478 e. The molecule has 1 heterocycles. The molecule has 5 heteroatoms. The van der Waals surface area contributed by atoms with Crippen molar-refractivity contribution in [2.75, 3.05) is 18.5 Å². The Morgan fingerprint density at radius 1 is 1.14 bits per heavy atom. The van der Waals surface area contributed by atoms with Crippen LogP contribution in [0, 0.1) is 0 Å². The Bertz CT molecular complexity index is 613. The molecule has 0 saturated heterocycles. The van der Waals surface area contributed by atoms with Crippen LogP contribution in [0.25, 0.3) is 10.9 Å². The number of hydrogen-bond acceptors (Lipinski definition) is 4. The molecular formula is C16H20N2O3. The number of para-hydroxylation sites is 1. The number of aliphatic hydroxyl groups is 1. The summed E-state index contributed by atoms with van der Waals surface area (Å²) in [6.45, 7) is 0.984. The van der Waals surface area contributed by atoms with Crippen LogP contribution in [0.3, 0.4) is 0 Å². The Kier molecular flexibility index (Phi) is 5.51. The first-order chi connectivity index (χ1) is 10.2. The van der Waals surface area contributed by atoms with E-state index in [1.54, 1.807) is 12.1 Å². The fourth-order valence-electron chi connectivity index (χ4n) is 2.25. The number of nitrogens with one attached hydrogen (secondary N) is 1. The SMILES string of the molecule is O=C(O)c1cc(NCCCCCCO)nc2ccccc12. The van der Waals surface area contributed by atoms with Crippen molar-refractivity contribution < 1.29 is 15.0 Å². The fraction of sp³-hybridized carbons (Fsp3) is 0.375. The molecule has 3 N–H and O–H groups in total. The minimum absolute atomic E-state index is 0.238. The molecule has 5 nitrogen and oxygen atoms in total. The van der Waals surface area contributed by atoms with Crippen LogP contribution in [0.1, 0.15) is 36.0 Å². The van der Waals surface area contributed by atoms with Crippen LogP contribution in [-0.4, -0.2) is 34.3 Å². The van der Waals surface area contributed by atoms with Gasteiger partial charge >= 0.3 is 5.97 Å². The third-order valence-corrected chi connectivity index (χ3v) is 3.34. The number of aliphatic hydroxyl groups excluding tert-OH is 1. The number of nitrogens with zero attached hydrogens (tertiary/aromatic N) is 1. The molecule has 0 aliphatic carbocycles. The normalized spacial score (nSPS) is 10.7. The summed E-state index contributed by atoms with van der Waals surface area (Å²) < 4.78 is 0. The van der Waals surface area contributed by atoms with Gasteiger partial charge in [0.25, 0.3) is 0 Å². The van der Waals surface area contributed by atoms with Crippen LogP contribution >= 0.6 is 0 Å². The van der Waals surface area contributed by atoms with Crippen LogP contribution in [0.2, 0.25) is 0 Å². The van der Waals surface area contributed by atoms with Gasteiger partial charge in [-0.15, -0.1) is 0 Å². The number of benzene rings is 1. The van der Waals surface area contributed by atoms with Crippen LogP contribution in [0.15, 0.2) is 30.3 Å². The lowest BCUT2D eigenvalue weighted by atomic mass is 10.1. The van der Waals surface area contributed by atoms with Gasteiger partial charge in [0.1, 0.15) is 5.82 Å². The first-order valence-electron chi connectivity index (χ1n) is 7.20. The topological polar surface area (TPSA) is 82.5 Å². The van der Waals surface area contributed by atoms with Crippen molar-refractivity contribution in [2.45, 2.75) is 25.7 Å². The number of anilines is 1. The standard InChI is InChI=1S/C16H20N2O3/c19-10-6-2-1-5-9-17-15-11-13(16(20)21)12-7-3-4-8-14(12)18-15/h3-4,7-8,11,19H,1-2,5-6,9-10H2,(H,17,18)(H,20,21). The minimum Gasteiger partial charge on any atom is -0.478 e. The van der Waals surface area contributed by atoms with Crippen molar-refractivity contribution in [2.24, 2.45) is 0 Å². The van der Waals surface area contributed by atoms with Crippen molar-refractivity contribution >= 4 is 22.7 Å². The Hall–Kier alpha value is -2.14. The Morgan fingerprint density at radius 3 is 2.67 bits per heavy atom. The smallest absolute Gasteiger partial charge is 0.336 e. The number of fused-ring (bicyclic) bond motifs is 1. The van der Waals surface area contributed by atoms with E-state index >= 15 is 0 Å². The average molecular weight is 288 g/mol. The molecule has 0 amide bonds. The summed E-state index contributed by atoms with van der Waals surface area (Å²) >= 11 is 0. The quantitative estimate of drug-likeness (QED) is 0.651. The minimum atomic E-state index is -0.945. The number of aromatic nitrogens is 1. The average Bonchev–Trinajstić information content (AvgIpc) is 2.49. The fourth-order valence-corrected chi connectivity index (χ4v) is 2.25. The Morgan fingerprint density at radius 2 is 1.90 bits per heavy atom. The summed E-state index contributed by atoms with van der Waals surface area (Å²) in [5.41, 5.74) is 0.948. The molecule has 0 spiro atoms. The second-order valence-electron chi connectivity index (χ2n) is 4.94. The highest BCUT2D eigenvalue weighted by Gasteiger charge is 2.11. The van der Waals surface area contributed by atoms with Crippen LogP contribution in [-0.2, 0) is 0 Å². The second kappa shape index (κ2) is 7.59. The maximum Gasteiger partial charge on any atom is 0.336 e. The molecule has 21 heavy (non-hydrogen) atoms. The summed E-state index contributed by atoms with van der Waals surface area (Å²) in [5, 5.41) is 21.8. The first-order valence-corrected chi connectivity index (χ1v) is 7.20. The molecule has 1 aromatic heterocycles. The zero-order chi connectivity index (χ0) is 15.1. The van der Waals surface area contributed by atoms with Crippen LogP contribution < -0.4 is 5.32 Å². The third-order valence-electron chi connectivity index (χ3n) is 3.34. The van der Waals surface area contributed by atoms with E-state index in [0.29, 0.717) is 16.7 Å². The van der Waals surface area contributed by atoms with E-state index in [0.717, 1.165) is 32.2 Å². The number of carboxylic acid groups (broad SMARTS) is 1. The van der Waals surface area contributed by atoms with Gasteiger partial charge in [-0.25, -0.2) is 9.78 Å². The number of rotatable bonds is 8. The van der Waals surface area contributed by atoms with Crippen molar-refractivity contribution in [3.8, 4) is 0 Å². The predicted molar refractivity (Wildman–Crippen MR) is 82.7 cm³/mol. The van der Waals surface area contributed by atoms with E-state index in [1.807, 2.05) is 18.2 Å². The molecule has 1 aromatic carbocycles. The molecule has 0 unspecified atom stereocenters. The molecule has 112 valence electrons. The summed E-state index contributed by atoms with van der Waals surface area (Å²) in [4.78, 5) is 15.8. The van der Waals surface area contributed by atoms with Crippen LogP contribution in [0.4, 0.5) is 5.82 Å². The van der Waals surface area contributed by atoms with Gasteiger partial charge in [0.05, 0.1) is 11.1 Å². The maximum atomic E-state index is 11.3. The molecule has 0 aliphatic heterocycles. The number of unbranched alkanes of at least 4 members (excludes halogenated alkanes) is 3. The molecule has 0 radical (unpaired) electrons. The molecule has 0 aliphatic rings. The van der Waals surface area contributed by atoms with E-state index in [9.17, 15) is 9.90 Å². The highest BCUT2D eigenvalue weighted by Crippen LogP contribution is 2.20. The van der Waals surface area contributed by atoms with E-state index in [-0.39, 0.29) is 12.2 Å². The van der Waals surface area contributed by atoms with Gasteiger partial charge in [-0.3, -0.25) is 0 Å². The van der Waals surface area contributed by atoms with Crippen LogP contribution in [0.5, 0.6) is 0 Å². The number of pyridine rings is 1. The second-order valence-corrected chi connectivity index (χ2v) is 4.94. The predicted octanol–water partition coefficient (Wildman–Crippen LogP) is 2.90. The van der Waals surface area contributed by atoms with E-state index < -0.39 is 5.97 Å². The maximum absolute atomic E-state index is 11.3. The lowest BCUT2D eigenvalue weighted by molar-refractivity contribution is 0.0699. The third kappa shape index (κ3) is 4.16. The summed E-state index contributed by atoms with van der Waals surface area (Å²) in [6.07, 6.45) is 3.84. The first kappa shape index (κ1) is 15.3. The number of carbonyl (C=O) groups is 1. The lowest BCUT2D eigenvalue weighted by Crippen LogP contribution is -2.06. The number of aromatic carboxylic acids is 1. The van der Waals surface area contributed by atoms with Crippen molar-refractivity contribution in [3.05, 3.63) is 35.9 Å². The van der Waals surface area contributed by atoms with Gasteiger partial charge in [0.2, 0.25) is 0 Å². The molecular weight excluding hydrogens is 268 g/mol. The Labute approximate surface area is 123 Å². The van der Waals surface area contributed by atoms with Gasteiger partial charge in [-0.05, 0) is 25.0 Å². The van der Waals surface area contributed by atoms with Gasteiger partial charge in [0, 0.05) is 18.5 Å². The summed E-state index contributed by atoms with van der Waals surface area (Å²) in [6, 6.07) is 8.82. The van der Waals surface area contributed by atoms with Gasteiger partial charge in [-0.1, -0.05) is 31.0 Å². The molecule has 2 rings (SSSR count). The summed E-state index contributed by atoms with van der Waals surface area (Å²) in [7, 11) is 0. The van der Waals surface area contributed by atoms with Gasteiger partial charge in [-0.2, -0.15) is 0 Å². The highest BCUT2D eigenvalue weighted by atomic mass is 16.4. The molecule has 0 atom stereocenters. The van der Waals surface area contributed by atoms with Gasteiger partial charge < -0.3 is 15.5 Å². The highest BCUT2D eigenvalue weighted by molar-refractivity contribution is 6.03. The zero-order valence-corrected chi connectivity index (χ0v) is 11.9. The van der Waals surface area contributed by atoms with Crippen molar-refractivity contribution in [3.63, 3.8) is 0 Å². The monoisotopic (exact) mass is 288 g/mol. The summed E-state index contributed by atoms with van der Waals surface area (Å²) in [5.74, 6) is -0.354.